The van der Waals surface area contributed by atoms with E-state index in [1.54, 1.807) is 0 Å². The summed E-state index contributed by atoms with van der Waals surface area (Å²) in [6, 6.07) is 8.47. The Hall–Kier alpha value is -0.640. The maximum Gasteiger partial charge on any atom is 0.0194 e. The van der Waals surface area contributed by atoms with Crippen LogP contribution in [-0.4, -0.2) is 37.6 Å². The number of rotatable bonds is 4. The van der Waals surface area contributed by atoms with Crippen molar-refractivity contribution in [1.82, 2.24) is 10.2 Å². The highest BCUT2D eigenvalue weighted by Gasteiger charge is 2.10. The first kappa shape index (κ1) is 12.8. The van der Waals surface area contributed by atoms with Gasteiger partial charge < -0.3 is 5.32 Å². The molecule has 1 aliphatic heterocycles. The van der Waals surface area contributed by atoms with Crippen molar-refractivity contribution in [2.24, 2.45) is 0 Å². The van der Waals surface area contributed by atoms with Crippen LogP contribution < -0.4 is 5.32 Å². The first-order chi connectivity index (χ1) is 8.24. The Morgan fingerprint density at radius 1 is 1.35 bits per heavy atom. The molecule has 0 saturated carbocycles. The van der Waals surface area contributed by atoms with Gasteiger partial charge in [0.05, 0.1) is 0 Å². The summed E-state index contributed by atoms with van der Waals surface area (Å²) in [7, 11) is 0. The quantitative estimate of drug-likeness (QED) is 0.858. The molecule has 0 radical (unpaired) electrons. The predicted octanol–water partition coefficient (Wildman–Crippen LogP) is 2.45. The molecule has 1 aliphatic rings. The zero-order valence-electron chi connectivity index (χ0n) is 10.1. The molecular weight excluding hydrogens is 276 g/mol. The fraction of sp³-hybridized carbons (Fsp3) is 0.429. The van der Waals surface area contributed by atoms with Gasteiger partial charge >= 0.3 is 0 Å². The lowest BCUT2D eigenvalue weighted by Crippen LogP contribution is -2.44. The molecule has 1 heterocycles. The van der Waals surface area contributed by atoms with Gasteiger partial charge in [0.2, 0.25) is 0 Å². The van der Waals surface area contributed by atoms with E-state index in [9.17, 15) is 0 Å². The minimum atomic E-state index is 0.976. The summed E-state index contributed by atoms with van der Waals surface area (Å²) in [4.78, 5) is 2.47. The molecule has 0 spiro atoms. The second kappa shape index (κ2) is 6.34. The number of hydrogen-bond acceptors (Lipinski definition) is 2. The first-order valence-corrected chi connectivity index (χ1v) is 6.87. The van der Waals surface area contributed by atoms with Gasteiger partial charge in [0, 0.05) is 37.2 Å². The van der Waals surface area contributed by atoms with Gasteiger partial charge in [0.15, 0.2) is 0 Å². The number of piperazine rings is 1. The molecule has 1 fully saturated rings. The maximum absolute atomic E-state index is 4.20. The number of hydrogen-bond donors (Lipinski definition) is 1. The van der Waals surface area contributed by atoms with E-state index in [4.69, 9.17) is 0 Å². The summed E-state index contributed by atoms with van der Waals surface area (Å²) >= 11 is 3.50. The Morgan fingerprint density at radius 2 is 2.12 bits per heavy atom. The number of nitrogens with zero attached hydrogens (tertiary/aromatic N) is 1. The van der Waals surface area contributed by atoms with Crippen LogP contribution in [0, 0.1) is 0 Å². The van der Waals surface area contributed by atoms with Crippen molar-refractivity contribution in [2.75, 3.05) is 32.7 Å². The molecule has 1 aromatic rings. The standard InChI is InChI=1S/C14H19BrN2/c1-12(11-17-7-5-16-6-8-17)9-13-3-2-4-14(15)10-13/h2-4,10,16H,1,5-9,11H2. The van der Waals surface area contributed by atoms with Crippen molar-refractivity contribution in [3.05, 3.63) is 46.5 Å². The van der Waals surface area contributed by atoms with Gasteiger partial charge in [-0.3, -0.25) is 4.90 Å². The highest BCUT2D eigenvalue weighted by atomic mass is 79.9. The van der Waals surface area contributed by atoms with E-state index in [1.165, 1.54) is 11.1 Å². The molecule has 0 unspecified atom stereocenters. The third-order valence-electron chi connectivity index (χ3n) is 3.00. The van der Waals surface area contributed by atoms with Gasteiger partial charge in [-0.1, -0.05) is 40.2 Å². The summed E-state index contributed by atoms with van der Waals surface area (Å²) in [6.07, 6.45) is 0.976. The molecule has 1 aromatic carbocycles. The van der Waals surface area contributed by atoms with E-state index < -0.39 is 0 Å². The van der Waals surface area contributed by atoms with Gasteiger partial charge in [0.25, 0.3) is 0 Å². The fourth-order valence-corrected chi connectivity index (χ4v) is 2.62. The largest absolute Gasteiger partial charge is 0.314 e. The van der Waals surface area contributed by atoms with Gasteiger partial charge in [-0.05, 0) is 24.1 Å². The average Bonchev–Trinajstić information content (AvgIpc) is 2.30. The van der Waals surface area contributed by atoms with Crippen LogP contribution in [0.4, 0.5) is 0 Å². The SMILES string of the molecule is C=C(Cc1cccc(Br)c1)CN1CCNCC1. The van der Waals surface area contributed by atoms with Gasteiger partial charge in [-0.15, -0.1) is 0 Å². The molecule has 1 N–H and O–H groups in total. The smallest absolute Gasteiger partial charge is 0.0194 e. The van der Waals surface area contributed by atoms with Crippen molar-refractivity contribution < 1.29 is 0 Å². The minimum Gasteiger partial charge on any atom is -0.314 e. The molecule has 0 amide bonds. The maximum atomic E-state index is 4.20. The Morgan fingerprint density at radius 3 is 2.82 bits per heavy atom. The minimum absolute atomic E-state index is 0.976. The van der Waals surface area contributed by atoms with Crippen LogP contribution >= 0.6 is 15.9 Å². The molecule has 0 aromatic heterocycles. The lowest BCUT2D eigenvalue weighted by atomic mass is 10.1. The summed E-state index contributed by atoms with van der Waals surface area (Å²) < 4.78 is 1.14. The Bertz CT molecular complexity index is 384. The monoisotopic (exact) mass is 294 g/mol. The van der Waals surface area contributed by atoms with Crippen LogP contribution in [-0.2, 0) is 6.42 Å². The highest BCUT2D eigenvalue weighted by Crippen LogP contribution is 2.14. The molecule has 0 atom stereocenters. The van der Waals surface area contributed by atoms with Crippen LogP contribution in [0.15, 0.2) is 40.9 Å². The molecule has 3 heteroatoms. The Labute approximate surface area is 112 Å². The molecule has 17 heavy (non-hydrogen) atoms. The van der Waals surface area contributed by atoms with Gasteiger partial charge in [-0.25, -0.2) is 0 Å². The predicted molar refractivity (Wildman–Crippen MR) is 76.3 cm³/mol. The van der Waals surface area contributed by atoms with E-state index in [0.29, 0.717) is 0 Å². The number of nitrogens with one attached hydrogen (secondary N) is 1. The normalized spacial score (nSPS) is 17.0. The zero-order chi connectivity index (χ0) is 12.1. The highest BCUT2D eigenvalue weighted by molar-refractivity contribution is 9.10. The van der Waals surface area contributed by atoms with Crippen LogP contribution in [0.25, 0.3) is 0 Å². The average molecular weight is 295 g/mol. The molecule has 1 saturated heterocycles. The van der Waals surface area contributed by atoms with Crippen molar-refractivity contribution in [1.29, 1.82) is 0 Å². The van der Waals surface area contributed by atoms with Crippen molar-refractivity contribution >= 4 is 15.9 Å². The fourth-order valence-electron chi connectivity index (χ4n) is 2.18. The number of halogens is 1. The van der Waals surface area contributed by atoms with Crippen molar-refractivity contribution in [2.45, 2.75) is 6.42 Å². The third kappa shape index (κ3) is 4.26. The topological polar surface area (TPSA) is 15.3 Å². The van der Waals surface area contributed by atoms with Crippen LogP contribution in [0.1, 0.15) is 5.56 Å². The lowest BCUT2D eigenvalue weighted by molar-refractivity contribution is 0.258. The number of benzene rings is 1. The van der Waals surface area contributed by atoms with Crippen LogP contribution in [0.5, 0.6) is 0 Å². The van der Waals surface area contributed by atoms with Gasteiger partial charge in [-0.2, -0.15) is 0 Å². The van der Waals surface area contributed by atoms with Crippen molar-refractivity contribution in [3.63, 3.8) is 0 Å². The third-order valence-corrected chi connectivity index (χ3v) is 3.49. The van der Waals surface area contributed by atoms with E-state index in [1.807, 2.05) is 0 Å². The van der Waals surface area contributed by atoms with Crippen molar-refractivity contribution in [3.8, 4) is 0 Å². The molecule has 0 bridgehead atoms. The summed E-state index contributed by atoms with van der Waals surface area (Å²) in [5.41, 5.74) is 2.63. The molecular formula is C14H19BrN2. The first-order valence-electron chi connectivity index (χ1n) is 6.08. The summed E-state index contributed by atoms with van der Waals surface area (Å²) in [5.74, 6) is 0. The zero-order valence-corrected chi connectivity index (χ0v) is 11.7. The van der Waals surface area contributed by atoms with E-state index in [-0.39, 0.29) is 0 Å². The van der Waals surface area contributed by atoms with Crippen LogP contribution in [0.3, 0.4) is 0 Å². The van der Waals surface area contributed by atoms with Gasteiger partial charge in [0.1, 0.15) is 0 Å². The molecule has 0 aliphatic carbocycles. The molecule has 2 nitrogen and oxygen atoms in total. The second-order valence-corrected chi connectivity index (χ2v) is 5.50. The van der Waals surface area contributed by atoms with Crippen LogP contribution in [0.2, 0.25) is 0 Å². The summed E-state index contributed by atoms with van der Waals surface area (Å²) in [5, 5.41) is 3.37. The lowest BCUT2D eigenvalue weighted by Gasteiger charge is -2.27. The molecule has 2 rings (SSSR count). The van der Waals surface area contributed by atoms with E-state index in [2.05, 4.69) is 57.0 Å². The van der Waals surface area contributed by atoms with E-state index >= 15 is 0 Å². The Balaban J connectivity index is 1.84. The second-order valence-electron chi connectivity index (χ2n) is 4.58. The Kier molecular flexibility index (Phi) is 4.77. The summed E-state index contributed by atoms with van der Waals surface area (Å²) in [6.45, 7) is 9.69. The molecule has 92 valence electrons. The van der Waals surface area contributed by atoms with E-state index in [0.717, 1.165) is 43.6 Å².